The summed E-state index contributed by atoms with van der Waals surface area (Å²) >= 11 is 13.8. The van der Waals surface area contributed by atoms with Crippen LogP contribution in [0.2, 0.25) is 8.67 Å². The minimum atomic E-state index is 0.293. The van der Waals surface area contributed by atoms with Gasteiger partial charge in [-0.2, -0.15) is 0 Å². The Morgan fingerprint density at radius 1 is 1.26 bits per heavy atom. The van der Waals surface area contributed by atoms with Gasteiger partial charge in [-0.25, -0.2) is 0 Å². The van der Waals surface area contributed by atoms with Crippen molar-refractivity contribution in [3.8, 4) is 0 Å². The number of nitrogens with one attached hydrogen (secondary N) is 1. The predicted molar refractivity (Wildman–Crippen MR) is 83.4 cm³/mol. The second-order valence-corrected chi connectivity index (χ2v) is 7.25. The topological polar surface area (TPSA) is 12.0 Å². The number of rotatable bonds is 4. The fraction of sp³-hybridized carbons (Fsp3) is 0.333. The zero-order chi connectivity index (χ0) is 13.4. The van der Waals surface area contributed by atoms with Gasteiger partial charge in [0.25, 0.3) is 0 Å². The van der Waals surface area contributed by atoms with Gasteiger partial charge in [0.05, 0.1) is 8.67 Å². The van der Waals surface area contributed by atoms with Gasteiger partial charge in [0, 0.05) is 11.6 Å². The van der Waals surface area contributed by atoms with Crippen molar-refractivity contribution < 1.29 is 0 Å². The molecule has 3 atom stereocenters. The van der Waals surface area contributed by atoms with E-state index in [-0.39, 0.29) is 0 Å². The summed E-state index contributed by atoms with van der Waals surface area (Å²) in [4.78, 5) is 0. The molecule has 3 rings (SSSR count). The number of benzene rings is 1. The molecule has 1 aliphatic carbocycles. The molecular formula is C15H15Cl2NS. The van der Waals surface area contributed by atoms with Crippen molar-refractivity contribution in [2.75, 3.05) is 7.05 Å². The molecule has 4 heteroatoms. The molecule has 0 saturated heterocycles. The van der Waals surface area contributed by atoms with Crippen LogP contribution in [-0.4, -0.2) is 7.05 Å². The monoisotopic (exact) mass is 311 g/mol. The van der Waals surface area contributed by atoms with E-state index in [2.05, 4.69) is 35.6 Å². The summed E-state index contributed by atoms with van der Waals surface area (Å²) in [7, 11) is 1.99. The van der Waals surface area contributed by atoms with Crippen LogP contribution in [0, 0.1) is 5.92 Å². The van der Waals surface area contributed by atoms with Crippen LogP contribution in [0.3, 0.4) is 0 Å². The first-order valence-electron chi connectivity index (χ1n) is 6.37. The molecule has 2 aromatic rings. The Labute approximate surface area is 127 Å². The van der Waals surface area contributed by atoms with Crippen molar-refractivity contribution in [3.63, 3.8) is 0 Å². The van der Waals surface area contributed by atoms with Crippen molar-refractivity contribution in [2.24, 2.45) is 5.92 Å². The SMILES string of the molecule is CNC(c1cc(Cl)sc1Cl)C1CC1c1ccccc1. The summed E-state index contributed by atoms with van der Waals surface area (Å²) in [6, 6.07) is 13.0. The Hall–Kier alpha value is -0.540. The molecule has 3 unspecified atom stereocenters. The van der Waals surface area contributed by atoms with Gasteiger partial charge < -0.3 is 5.32 Å². The molecule has 1 aromatic heterocycles. The van der Waals surface area contributed by atoms with Crippen molar-refractivity contribution in [1.82, 2.24) is 5.32 Å². The molecule has 1 aliphatic rings. The van der Waals surface area contributed by atoms with E-state index in [1.165, 1.54) is 23.3 Å². The predicted octanol–water partition coefficient (Wildman–Crippen LogP) is 5.12. The summed E-state index contributed by atoms with van der Waals surface area (Å²) in [5.74, 6) is 1.24. The molecule has 100 valence electrons. The van der Waals surface area contributed by atoms with Gasteiger partial charge in [0.1, 0.15) is 0 Å². The third-order valence-corrected chi connectivity index (χ3v) is 5.34. The minimum Gasteiger partial charge on any atom is -0.313 e. The second kappa shape index (κ2) is 5.45. The fourth-order valence-electron chi connectivity index (χ4n) is 2.83. The molecule has 0 spiro atoms. The molecule has 0 aliphatic heterocycles. The van der Waals surface area contributed by atoms with E-state index in [9.17, 15) is 0 Å². The third kappa shape index (κ3) is 2.68. The Kier molecular flexibility index (Phi) is 3.86. The largest absolute Gasteiger partial charge is 0.313 e. The highest BCUT2D eigenvalue weighted by atomic mass is 35.5. The molecule has 1 heterocycles. The maximum Gasteiger partial charge on any atom is 0.0992 e. The lowest BCUT2D eigenvalue weighted by molar-refractivity contribution is 0.519. The van der Waals surface area contributed by atoms with Crippen LogP contribution >= 0.6 is 34.5 Å². The smallest absolute Gasteiger partial charge is 0.0992 e. The van der Waals surface area contributed by atoms with Crippen molar-refractivity contribution in [3.05, 3.63) is 56.2 Å². The molecule has 1 nitrogen and oxygen atoms in total. The van der Waals surface area contributed by atoms with Crippen LogP contribution < -0.4 is 5.32 Å². The zero-order valence-corrected chi connectivity index (χ0v) is 12.9. The zero-order valence-electron chi connectivity index (χ0n) is 10.6. The van der Waals surface area contributed by atoms with Gasteiger partial charge >= 0.3 is 0 Å². The van der Waals surface area contributed by atoms with E-state index in [0.717, 1.165) is 14.2 Å². The Balaban J connectivity index is 1.81. The van der Waals surface area contributed by atoms with E-state index in [1.807, 2.05) is 13.1 Å². The summed E-state index contributed by atoms with van der Waals surface area (Å²) in [5, 5.41) is 3.40. The molecule has 0 amide bonds. The van der Waals surface area contributed by atoms with Crippen LogP contribution in [0.25, 0.3) is 0 Å². The van der Waals surface area contributed by atoms with Gasteiger partial charge in [0.15, 0.2) is 0 Å². The fourth-order valence-corrected chi connectivity index (χ4v) is 4.38. The summed E-state index contributed by atoms with van der Waals surface area (Å²) in [5.41, 5.74) is 2.56. The molecule has 0 radical (unpaired) electrons. The molecule has 0 bridgehead atoms. The summed E-state index contributed by atoms with van der Waals surface area (Å²) in [6.07, 6.45) is 1.21. The van der Waals surface area contributed by atoms with E-state index >= 15 is 0 Å². The Morgan fingerprint density at radius 3 is 2.58 bits per heavy atom. The van der Waals surface area contributed by atoms with Crippen molar-refractivity contribution in [1.29, 1.82) is 0 Å². The number of hydrogen-bond acceptors (Lipinski definition) is 2. The van der Waals surface area contributed by atoms with Crippen molar-refractivity contribution >= 4 is 34.5 Å². The molecule has 19 heavy (non-hydrogen) atoms. The molecule has 1 N–H and O–H groups in total. The standard InChI is InChI=1S/C15H15Cl2NS/c1-18-14(12-8-13(16)19-15(12)17)11-7-10(11)9-5-3-2-4-6-9/h2-6,8,10-11,14,18H,7H2,1H3. The Bertz CT molecular complexity index is 567. The third-order valence-electron chi connectivity index (χ3n) is 3.82. The van der Waals surface area contributed by atoms with Crippen LogP contribution in [0.15, 0.2) is 36.4 Å². The quantitative estimate of drug-likeness (QED) is 0.826. The highest BCUT2D eigenvalue weighted by Gasteiger charge is 2.44. The first kappa shape index (κ1) is 13.4. The molecule has 1 saturated carbocycles. The Morgan fingerprint density at radius 2 is 2.00 bits per heavy atom. The minimum absolute atomic E-state index is 0.293. The molecule has 1 fully saturated rings. The van der Waals surface area contributed by atoms with Crippen LogP contribution in [-0.2, 0) is 0 Å². The lowest BCUT2D eigenvalue weighted by Gasteiger charge is -2.15. The average Bonchev–Trinajstić information content (AvgIpc) is 3.12. The number of thiophene rings is 1. The van der Waals surface area contributed by atoms with Gasteiger partial charge in [-0.1, -0.05) is 53.5 Å². The van der Waals surface area contributed by atoms with Crippen LogP contribution in [0.5, 0.6) is 0 Å². The normalized spacial score (nSPS) is 23.3. The van der Waals surface area contributed by atoms with Gasteiger partial charge in [-0.15, -0.1) is 11.3 Å². The van der Waals surface area contributed by atoms with Gasteiger partial charge in [-0.3, -0.25) is 0 Å². The molecular weight excluding hydrogens is 297 g/mol. The lowest BCUT2D eigenvalue weighted by Crippen LogP contribution is -2.18. The average molecular weight is 312 g/mol. The van der Waals surface area contributed by atoms with Gasteiger partial charge in [0.2, 0.25) is 0 Å². The first-order chi connectivity index (χ1) is 9.20. The number of hydrogen-bond donors (Lipinski definition) is 1. The lowest BCUT2D eigenvalue weighted by atomic mass is 10.0. The van der Waals surface area contributed by atoms with Crippen LogP contribution in [0.1, 0.15) is 29.5 Å². The number of halogens is 2. The molecule has 1 aromatic carbocycles. The maximum absolute atomic E-state index is 6.28. The summed E-state index contributed by atoms with van der Waals surface area (Å²) in [6.45, 7) is 0. The first-order valence-corrected chi connectivity index (χ1v) is 7.95. The van der Waals surface area contributed by atoms with Gasteiger partial charge in [-0.05, 0) is 36.9 Å². The van der Waals surface area contributed by atoms with E-state index in [0.29, 0.717) is 17.9 Å². The van der Waals surface area contributed by atoms with E-state index in [1.54, 1.807) is 0 Å². The van der Waals surface area contributed by atoms with E-state index < -0.39 is 0 Å². The van der Waals surface area contributed by atoms with Crippen LogP contribution in [0.4, 0.5) is 0 Å². The second-order valence-electron chi connectivity index (χ2n) is 4.96. The van der Waals surface area contributed by atoms with Crippen molar-refractivity contribution in [2.45, 2.75) is 18.4 Å². The summed E-state index contributed by atoms with van der Waals surface area (Å²) < 4.78 is 1.57. The highest BCUT2D eigenvalue weighted by Crippen LogP contribution is 2.55. The highest BCUT2D eigenvalue weighted by molar-refractivity contribution is 7.20. The maximum atomic E-state index is 6.28. The van der Waals surface area contributed by atoms with E-state index in [4.69, 9.17) is 23.2 Å².